The molecular weight excluding hydrogens is 455 g/mol. The van der Waals surface area contributed by atoms with E-state index in [1.807, 2.05) is 6.92 Å². The molecule has 0 amide bonds. The lowest BCUT2D eigenvalue weighted by atomic mass is 9.73. The smallest absolute Gasteiger partial charge is 0.336 e. The molecule has 2 saturated heterocycles. The summed E-state index contributed by atoms with van der Waals surface area (Å²) in [5.74, 6) is -0.506. The number of fused-ring (bicyclic) bond motifs is 1. The van der Waals surface area contributed by atoms with Crippen LogP contribution in [0.1, 0.15) is 30.1 Å². The number of rotatable bonds is 3. The van der Waals surface area contributed by atoms with Gasteiger partial charge in [0.05, 0.1) is 34.4 Å². The molecule has 2 atom stereocenters. The molecule has 2 aliphatic rings. The van der Waals surface area contributed by atoms with Crippen molar-refractivity contribution in [2.75, 3.05) is 24.6 Å². The molecule has 5 heterocycles. The summed E-state index contributed by atoms with van der Waals surface area (Å²) < 4.78 is 5.79. The molecule has 11 heteroatoms. The lowest BCUT2D eigenvalue weighted by molar-refractivity contribution is 0.0699. The molecule has 3 aromatic heterocycles. The van der Waals surface area contributed by atoms with Crippen LogP contribution in [0.5, 0.6) is 0 Å². The number of piperidine rings is 1. The van der Waals surface area contributed by atoms with Gasteiger partial charge in [0.25, 0.3) is 0 Å². The predicted octanol–water partition coefficient (Wildman–Crippen LogP) is 3.36. The van der Waals surface area contributed by atoms with Crippen LogP contribution in [0.2, 0.25) is 10.2 Å². The van der Waals surface area contributed by atoms with Crippen LogP contribution in [-0.4, -0.2) is 63.1 Å². The molecule has 0 aromatic carbocycles. The molecule has 0 aliphatic carbocycles. The van der Waals surface area contributed by atoms with Gasteiger partial charge in [-0.25, -0.2) is 14.8 Å². The van der Waals surface area contributed by atoms with Crippen LogP contribution < -0.4 is 10.6 Å². The summed E-state index contributed by atoms with van der Waals surface area (Å²) in [4.78, 5) is 22.9. The largest absolute Gasteiger partial charge is 0.478 e. The summed E-state index contributed by atoms with van der Waals surface area (Å²) in [6, 6.07) is 3.24. The van der Waals surface area contributed by atoms with Gasteiger partial charge in [-0.05, 0) is 31.9 Å². The van der Waals surface area contributed by atoms with Crippen molar-refractivity contribution in [1.29, 1.82) is 0 Å². The highest BCUT2D eigenvalue weighted by molar-refractivity contribution is 6.43. The van der Waals surface area contributed by atoms with E-state index in [0.717, 1.165) is 12.8 Å². The SMILES string of the molecule is C[C@@H]1OCC2(CCN(c3cc(C(=O)O)c4c(-c5ccnc(Cl)c5Cl)[nH]nc4n3)CC2)[C@@H]1N. The van der Waals surface area contributed by atoms with Crippen molar-refractivity contribution in [2.24, 2.45) is 11.1 Å². The maximum absolute atomic E-state index is 12.2. The molecule has 9 nitrogen and oxygen atoms in total. The average molecular weight is 477 g/mol. The van der Waals surface area contributed by atoms with E-state index < -0.39 is 5.97 Å². The van der Waals surface area contributed by atoms with Crippen LogP contribution in [0, 0.1) is 5.41 Å². The number of nitrogens with two attached hydrogens (primary N) is 1. The standard InChI is InChI=1S/C21H22Cl2N6O3/c1-10-17(24)21(9-32-10)3-6-29(7-4-21)13-8-12(20(30)31)14-16(27-28-19(14)26-13)11-2-5-25-18(23)15(11)22/h2,5,8,10,17H,3-4,6-7,9,24H2,1H3,(H,30,31)(H,26,27,28)/t10-,17+/m0/s1. The van der Waals surface area contributed by atoms with E-state index in [1.165, 1.54) is 6.20 Å². The number of anilines is 1. The molecule has 4 N–H and O–H groups in total. The molecule has 2 aliphatic heterocycles. The summed E-state index contributed by atoms with van der Waals surface area (Å²) in [7, 11) is 0. The first-order chi connectivity index (χ1) is 15.3. The van der Waals surface area contributed by atoms with Gasteiger partial charge in [0.1, 0.15) is 11.0 Å². The Hall–Kier alpha value is -2.46. The molecule has 2 fully saturated rings. The van der Waals surface area contributed by atoms with Gasteiger partial charge in [-0.15, -0.1) is 0 Å². The average Bonchev–Trinajstić information content (AvgIpc) is 3.33. The Morgan fingerprint density at radius 3 is 2.78 bits per heavy atom. The Kier molecular flexibility index (Phi) is 5.24. The fourth-order valence-electron chi connectivity index (χ4n) is 4.80. The molecule has 0 saturated carbocycles. The van der Waals surface area contributed by atoms with Crippen LogP contribution >= 0.6 is 23.2 Å². The number of nitrogens with zero attached hydrogens (tertiary/aromatic N) is 4. The molecule has 0 bridgehead atoms. The lowest BCUT2D eigenvalue weighted by Crippen LogP contribution is -2.50. The van der Waals surface area contributed by atoms with Crippen LogP contribution in [0.25, 0.3) is 22.3 Å². The minimum atomic E-state index is -1.08. The molecule has 0 unspecified atom stereocenters. The number of halogens is 2. The Labute approximate surface area is 193 Å². The lowest BCUT2D eigenvalue weighted by Gasteiger charge is -2.41. The number of carboxylic acid groups (broad SMARTS) is 1. The van der Waals surface area contributed by atoms with Crippen molar-refractivity contribution in [3.63, 3.8) is 0 Å². The molecular formula is C21H22Cl2N6O3. The maximum Gasteiger partial charge on any atom is 0.336 e. The number of carboxylic acids is 1. The number of aromatic amines is 1. The minimum Gasteiger partial charge on any atom is -0.478 e. The Bertz CT molecular complexity index is 1210. The predicted molar refractivity (Wildman–Crippen MR) is 121 cm³/mol. The number of aromatic nitrogens is 4. The van der Waals surface area contributed by atoms with E-state index in [4.69, 9.17) is 33.7 Å². The molecule has 5 rings (SSSR count). The minimum absolute atomic E-state index is 0.000466. The van der Waals surface area contributed by atoms with Gasteiger partial charge >= 0.3 is 5.97 Å². The second kappa shape index (κ2) is 7.84. The van der Waals surface area contributed by atoms with Gasteiger partial charge in [-0.1, -0.05) is 23.2 Å². The van der Waals surface area contributed by atoms with Crippen LogP contribution in [-0.2, 0) is 4.74 Å². The van der Waals surface area contributed by atoms with Gasteiger partial charge in [-0.2, -0.15) is 5.10 Å². The van der Waals surface area contributed by atoms with E-state index in [9.17, 15) is 9.90 Å². The number of nitrogens with one attached hydrogen (secondary N) is 1. The number of carbonyl (C=O) groups is 1. The van der Waals surface area contributed by atoms with E-state index in [2.05, 4.69) is 25.1 Å². The first kappa shape index (κ1) is 21.4. The van der Waals surface area contributed by atoms with E-state index in [0.29, 0.717) is 47.8 Å². The number of pyridine rings is 2. The third-order valence-electron chi connectivity index (χ3n) is 6.79. The van der Waals surface area contributed by atoms with Gasteiger partial charge < -0.3 is 20.5 Å². The molecule has 1 spiro atoms. The number of hydrogen-bond donors (Lipinski definition) is 3. The number of ether oxygens (including phenoxy) is 1. The zero-order chi connectivity index (χ0) is 22.6. The van der Waals surface area contributed by atoms with Crippen molar-refractivity contribution in [3.05, 3.63) is 34.1 Å². The van der Waals surface area contributed by atoms with Crippen molar-refractivity contribution in [1.82, 2.24) is 20.2 Å². The quantitative estimate of drug-likeness (QED) is 0.490. The molecule has 32 heavy (non-hydrogen) atoms. The summed E-state index contributed by atoms with van der Waals surface area (Å²) in [6.45, 7) is 4.10. The third-order valence-corrected chi connectivity index (χ3v) is 7.55. The zero-order valence-electron chi connectivity index (χ0n) is 17.3. The van der Waals surface area contributed by atoms with Crippen LogP contribution in [0.4, 0.5) is 5.82 Å². The number of hydrogen-bond acceptors (Lipinski definition) is 7. The van der Waals surface area contributed by atoms with Gasteiger partial charge in [0.2, 0.25) is 0 Å². The third kappa shape index (κ3) is 3.31. The first-order valence-electron chi connectivity index (χ1n) is 10.4. The highest BCUT2D eigenvalue weighted by Gasteiger charge is 2.47. The first-order valence-corrected chi connectivity index (χ1v) is 11.1. The Balaban J connectivity index is 1.52. The summed E-state index contributed by atoms with van der Waals surface area (Å²) >= 11 is 12.4. The fraction of sp³-hybridized carbons (Fsp3) is 0.429. The second-order valence-corrected chi connectivity index (χ2v) is 9.22. The summed E-state index contributed by atoms with van der Waals surface area (Å²) in [5, 5.41) is 17.8. The monoisotopic (exact) mass is 476 g/mol. The van der Waals surface area contributed by atoms with Crippen molar-refractivity contribution < 1.29 is 14.6 Å². The second-order valence-electron chi connectivity index (χ2n) is 8.49. The Morgan fingerprint density at radius 2 is 2.12 bits per heavy atom. The van der Waals surface area contributed by atoms with Crippen LogP contribution in [0.3, 0.4) is 0 Å². The van der Waals surface area contributed by atoms with E-state index >= 15 is 0 Å². The normalized spacial score (nSPS) is 22.7. The van der Waals surface area contributed by atoms with Gasteiger partial charge in [0.15, 0.2) is 5.65 Å². The van der Waals surface area contributed by atoms with Gasteiger partial charge in [-0.3, -0.25) is 5.10 Å². The number of H-pyrrole nitrogens is 1. The highest BCUT2D eigenvalue weighted by Crippen LogP contribution is 2.42. The van der Waals surface area contributed by atoms with Crippen molar-refractivity contribution >= 4 is 46.0 Å². The van der Waals surface area contributed by atoms with Crippen LogP contribution in [0.15, 0.2) is 18.3 Å². The van der Waals surface area contributed by atoms with Gasteiger partial charge in [0, 0.05) is 36.3 Å². The molecule has 3 aromatic rings. The van der Waals surface area contributed by atoms with Crippen molar-refractivity contribution in [2.45, 2.75) is 31.9 Å². The fourth-order valence-corrected chi connectivity index (χ4v) is 5.17. The van der Waals surface area contributed by atoms with E-state index in [1.54, 1.807) is 12.1 Å². The Morgan fingerprint density at radius 1 is 1.38 bits per heavy atom. The summed E-state index contributed by atoms with van der Waals surface area (Å²) in [5.41, 5.74) is 7.72. The topological polar surface area (TPSA) is 130 Å². The number of aromatic carboxylic acids is 1. The van der Waals surface area contributed by atoms with E-state index in [-0.39, 0.29) is 33.3 Å². The summed E-state index contributed by atoms with van der Waals surface area (Å²) in [6.07, 6.45) is 3.26. The maximum atomic E-state index is 12.2. The zero-order valence-corrected chi connectivity index (χ0v) is 18.8. The highest BCUT2D eigenvalue weighted by atomic mass is 35.5. The molecule has 168 valence electrons. The molecule has 0 radical (unpaired) electrons. The van der Waals surface area contributed by atoms with Crippen molar-refractivity contribution in [3.8, 4) is 11.3 Å².